The molecule has 0 aliphatic rings. The Morgan fingerprint density at radius 1 is 0.655 bits per heavy atom. The summed E-state index contributed by atoms with van der Waals surface area (Å²) in [6, 6.07) is 0. The predicted molar refractivity (Wildman–Crippen MR) is 138 cm³/mol. The highest BCUT2D eigenvalue weighted by atomic mass is 35.5. The summed E-state index contributed by atoms with van der Waals surface area (Å²) in [5.74, 6) is 0. The number of alkyl halides is 2. The average molecular weight is 466 g/mol. The third-order valence-electron chi connectivity index (χ3n) is 5.50. The first-order chi connectivity index (χ1) is 13.9. The van der Waals surface area contributed by atoms with Crippen LogP contribution in [-0.2, 0) is 4.74 Å². The van der Waals surface area contributed by atoms with Crippen molar-refractivity contribution in [2.24, 2.45) is 0 Å². The molecule has 0 heterocycles. The Balaban J connectivity index is 3.04. The maximum atomic E-state index is 6.05. The van der Waals surface area contributed by atoms with Gasteiger partial charge in [-0.1, -0.05) is 121 Å². The molecule has 0 unspecified atom stereocenters. The minimum atomic E-state index is -0.389. The molecule has 0 aromatic heterocycles. The van der Waals surface area contributed by atoms with Gasteiger partial charge in [0.25, 0.3) is 0 Å². The van der Waals surface area contributed by atoms with Gasteiger partial charge in [0, 0.05) is 16.8 Å². The van der Waals surface area contributed by atoms with E-state index in [9.17, 15) is 0 Å². The second kappa shape index (κ2) is 21.7. The zero-order valence-corrected chi connectivity index (χ0v) is 23.2. The fourth-order valence-electron chi connectivity index (χ4n) is 3.71. The Bertz CT molecular complexity index is 355. The number of hydrogen-bond acceptors (Lipinski definition) is 1. The molecule has 1 nitrogen and oxygen atoms in total. The molecule has 0 fully saturated rings. The van der Waals surface area contributed by atoms with Gasteiger partial charge in [-0.2, -0.15) is 0 Å². The summed E-state index contributed by atoms with van der Waals surface area (Å²) in [5.41, 5.74) is 1.12. The Morgan fingerprint density at radius 3 is 1.28 bits per heavy atom. The lowest BCUT2D eigenvalue weighted by Crippen LogP contribution is -2.11. The van der Waals surface area contributed by atoms with Crippen LogP contribution in [0.1, 0.15) is 129 Å². The van der Waals surface area contributed by atoms with Gasteiger partial charge in [-0.15, -0.1) is 23.2 Å². The maximum absolute atomic E-state index is 6.05. The van der Waals surface area contributed by atoms with Crippen LogP contribution in [0.3, 0.4) is 0 Å². The van der Waals surface area contributed by atoms with Gasteiger partial charge in [-0.25, -0.2) is 0 Å². The van der Waals surface area contributed by atoms with Crippen molar-refractivity contribution in [3.05, 3.63) is 12.2 Å². The van der Waals surface area contributed by atoms with Gasteiger partial charge < -0.3 is 4.74 Å². The summed E-state index contributed by atoms with van der Waals surface area (Å²) < 4.78 is 5.14. The average Bonchev–Trinajstić information content (AvgIpc) is 2.64. The topological polar surface area (TPSA) is 9.23 Å². The zero-order valence-electron chi connectivity index (χ0n) is 19.7. The predicted octanol–water partition coefficient (Wildman–Crippen LogP) is 8.49. The highest BCUT2D eigenvalue weighted by Gasteiger charge is 2.14. The molecule has 0 radical (unpaired) electrons. The standard InChI is InChI=1S/C25H50Cl2OSi/c1-24(2)23-28-22-20-18-16-14-12-10-8-6-4-3-5-7-9-11-13-15-17-19-21-25(26,27)29/h1,3-23H2,2,29H3. The van der Waals surface area contributed by atoms with Crippen molar-refractivity contribution in [1.29, 1.82) is 0 Å². The summed E-state index contributed by atoms with van der Waals surface area (Å²) in [7, 11) is 0.874. The van der Waals surface area contributed by atoms with E-state index in [1.165, 1.54) is 116 Å². The molecule has 0 aliphatic carbocycles. The van der Waals surface area contributed by atoms with E-state index < -0.39 is 0 Å². The molecule has 0 N–H and O–H groups in total. The van der Waals surface area contributed by atoms with E-state index in [0.717, 1.165) is 35.5 Å². The van der Waals surface area contributed by atoms with E-state index in [-0.39, 0.29) is 3.96 Å². The van der Waals surface area contributed by atoms with Crippen LogP contribution < -0.4 is 0 Å². The minimum absolute atomic E-state index is 0.389. The van der Waals surface area contributed by atoms with Crippen molar-refractivity contribution < 1.29 is 4.74 Å². The Morgan fingerprint density at radius 2 is 0.966 bits per heavy atom. The molecule has 0 bridgehead atoms. The molecule has 0 aliphatic heterocycles. The summed E-state index contributed by atoms with van der Waals surface area (Å²) in [4.78, 5) is 0. The maximum Gasteiger partial charge on any atom is 0.0972 e. The Hall–Kier alpha value is 0.497. The molecule has 0 spiro atoms. The molecule has 0 aromatic rings. The molecular weight excluding hydrogens is 415 g/mol. The first-order valence-electron chi connectivity index (χ1n) is 12.5. The van der Waals surface area contributed by atoms with Gasteiger partial charge in [0.15, 0.2) is 0 Å². The summed E-state index contributed by atoms with van der Waals surface area (Å²) in [5, 5.41) is 0. The lowest BCUT2D eigenvalue weighted by molar-refractivity contribution is 0.151. The molecule has 0 saturated carbocycles. The first-order valence-corrected chi connectivity index (χ1v) is 14.3. The van der Waals surface area contributed by atoms with Crippen LogP contribution in [0.5, 0.6) is 0 Å². The van der Waals surface area contributed by atoms with E-state index in [1.54, 1.807) is 0 Å². The van der Waals surface area contributed by atoms with Crippen LogP contribution in [0, 0.1) is 0 Å². The van der Waals surface area contributed by atoms with Gasteiger partial charge in [0.2, 0.25) is 0 Å². The van der Waals surface area contributed by atoms with Crippen molar-refractivity contribution in [2.45, 2.75) is 133 Å². The monoisotopic (exact) mass is 464 g/mol. The fraction of sp³-hybridized carbons (Fsp3) is 0.920. The van der Waals surface area contributed by atoms with Gasteiger partial charge in [0.05, 0.1) is 10.6 Å². The minimum Gasteiger partial charge on any atom is -0.377 e. The third-order valence-corrected chi connectivity index (χ3v) is 6.38. The molecule has 0 atom stereocenters. The van der Waals surface area contributed by atoms with Crippen LogP contribution in [0.15, 0.2) is 12.2 Å². The van der Waals surface area contributed by atoms with Crippen LogP contribution in [-0.4, -0.2) is 27.4 Å². The van der Waals surface area contributed by atoms with Gasteiger partial charge in [0.1, 0.15) is 0 Å². The molecule has 0 aromatic carbocycles. The van der Waals surface area contributed by atoms with Crippen molar-refractivity contribution >= 4 is 33.4 Å². The second-order valence-electron chi connectivity index (χ2n) is 9.19. The lowest BCUT2D eigenvalue weighted by atomic mass is 10.0. The molecular formula is C25H50Cl2OSi. The summed E-state index contributed by atoms with van der Waals surface area (Å²) in [6.07, 6.45) is 25.8. The van der Waals surface area contributed by atoms with Crippen LogP contribution >= 0.6 is 23.2 Å². The van der Waals surface area contributed by atoms with Crippen molar-refractivity contribution in [2.75, 3.05) is 13.2 Å². The molecule has 0 amide bonds. The molecule has 29 heavy (non-hydrogen) atoms. The highest BCUT2D eigenvalue weighted by Crippen LogP contribution is 2.24. The summed E-state index contributed by atoms with van der Waals surface area (Å²) in [6.45, 7) is 7.50. The van der Waals surface area contributed by atoms with Crippen LogP contribution in [0.4, 0.5) is 0 Å². The number of halogens is 2. The zero-order chi connectivity index (χ0) is 21.6. The quantitative estimate of drug-likeness (QED) is 0.0636. The third kappa shape index (κ3) is 28.5. The largest absolute Gasteiger partial charge is 0.377 e. The van der Waals surface area contributed by atoms with E-state index in [2.05, 4.69) is 6.58 Å². The molecule has 0 rings (SSSR count). The molecule has 4 heteroatoms. The highest BCUT2D eigenvalue weighted by molar-refractivity contribution is 6.65. The lowest BCUT2D eigenvalue weighted by Gasteiger charge is -2.12. The SMILES string of the molecule is C=C(C)COCCCCCCCCCCCCCCCCCCCCC([SiH3])(Cl)Cl. The van der Waals surface area contributed by atoms with Gasteiger partial charge in [-0.3, -0.25) is 0 Å². The number of hydrogen-bond donors (Lipinski definition) is 0. The van der Waals surface area contributed by atoms with Crippen molar-refractivity contribution in [1.82, 2.24) is 0 Å². The van der Waals surface area contributed by atoms with E-state index in [4.69, 9.17) is 27.9 Å². The Labute approximate surface area is 196 Å². The number of ether oxygens (including phenoxy) is 1. The molecule has 0 saturated heterocycles. The smallest absolute Gasteiger partial charge is 0.0972 e. The fourth-order valence-corrected chi connectivity index (χ4v) is 4.34. The normalized spacial score (nSPS) is 12.0. The number of rotatable bonds is 23. The van der Waals surface area contributed by atoms with Crippen LogP contribution in [0.25, 0.3) is 0 Å². The Kier molecular flexibility index (Phi) is 22.1. The number of unbranched alkanes of at least 4 members (excludes halogenated alkanes) is 17. The van der Waals surface area contributed by atoms with Crippen LogP contribution in [0.2, 0.25) is 0 Å². The first kappa shape index (κ1) is 29.5. The van der Waals surface area contributed by atoms with E-state index >= 15 is 0 Å². The van der Waals surface area contributed by atoms with Crippen molar-refractivity contribution in [3.63, 3.8) is 0 Å². The van der Waals surface area contributed by atoms with Gasteiger partial charge in [-0.05, 0) is 19.8 Å². The van der Waals surface area contributed by atoms with Crippen molar-refractivity contribution in [3.8, 4) is 0 Å². The van der Waals surface area contributed by atoms with E-state index in [1.807, 2.05) is 6.92 Å². The van der Waals surface area contributed by atoms with Gasteiger partial charge >= 0.3 is 0 Å². The summed E-state index contributed by atoms with van der Waals surface area (Å²) >= 11 is 12.1. The van der Waals surface area contributed by atoms with E-state index in [0.29, 0.717) is 0 Å². The second-order valence-corrected chi connectivity index (χ2v) is 14.0. The molecule has 174 valence electrons.